The van der Waals surface area contributed by atoms with Crippen LogP contribution in [0.5, 0.6) is 0 Å². The van der Waals surface area contributed by atoms with E-state index >= 15 is 0 Å². The van der Waals surface area contributed by atoms with Gasteiger partial charge in [-0.25, -0.2) is 0 Å². The van der Waals surface area contributed by atoms with E-state index in [-0.39, 0.29) is 182 Å². The van der Waals surface area contributed by atoms with Gasteiger partial charge >= 0.3 is 0 Å². The van der Waals surface area contributed by atoms with Crippen LogP contribution in [0.4, 0.5) is 0 Å². The molecule has 0 aromatic heterocycles. The molecule has 0 amide bonds. The van der Waals surface area contributed by atoms with Gasteiger partial charge in [-0.2, -0.15) is 71.8 Å². The Labute approximate surface area is 337 Å². The van der Waals surface area contributed by atoms with Crippen LogP contribution in [0.3, 0.4) is 0 Å². The molecule has 0 spiro atoms. The minimum Gasteiger partial charge on any atom is -0.184 e. The molecule has 3 aromatic carbocycles. The number of benzene rings is 3. The Morgan fingerprint density at radius 2 is 0.839 bits per heavy atom. The molecule has 1 saturated carbocycles. The van der Waals surface area contributed by atoms with Crippen LogP contribution in [0, 0.1) is 24.0 Å². The minimum absolute atomic E-state index is 0. The summed E-state index contributed by atoms with van der Waals surface area (Å²) in [7, 11) is 0. The third-order valence-corrected chi connectivity index (χ3v) is 6.02. The molecule has 1 fully saturated rings. The predicted octanol–water partition coefficient (Wildman–Crippen LogP) is 5.70. The van der Waals surface area contributed by atoms with Crippen LogP contribution in [0.25, 0.3) is 0 Å². The van der Waals surface area contributed by atoms with Crippen LogP contribution in [-0.4, -0.2) is 116 Å². The van der Waals surface area contributed by atoms with Gasteiger partial charge in [0, 0.05) is 182 Å². The summed E-state index contributed by atoms with van der Waals surface area (Å²) in [6, 6.07) is 32.3. The summed E-state index contributed by atoms with van der Waals surface area (Å²) < 4.78 is 0. The van der Waals surface area contributed by atoms with E-state index in [4.69, 9.17) is 0 Å². The largest absolute Gasteiger partial charge is 0.184 e. The van der Waals surface area contributed by atoms with E-state index in [0.29, 0.717) is 0 Å². The Balaban J connectivity index is 0.00000225. The molecule has 0 nitrogen and oxygen atoms in total. The second kappa shape index (κ2) is 19.6. The molecule has 1 aliphatic rings. The zero-order valence-electron chi connectivity index (χ0n) is 19.2. The van der Waals surface area contributed by atoms with Crippen molar-refractivity contribution in [2.24, 2.45) is 11.8 Å². The van der Waals surface area contributed by atoms with Gasteiger partial charge in [-0.15, -0.1) is 0 Å². The molecule has 0 saturated heterocycles. The average Bonchev–Trinajstić information content (AvgIpc) is 2.73. The molecule has 1 aliphatic carbocycles. The SMILES string of the molecule is [Rb].[Rb].[Y].[Y].[c-]1ccc(Cc2ccc(CC3CCC(Cc4cc[c-]cc4)CC3)cc2)cc1. The van der Waals surface area contributed by atoms with E-state index in [1.807, 2.05) is 24.3 Å². The normalized spacial score (nSPS) is 17.2. The van der Waals surface area contributed by atoms with Crippen molar-refractivity contribution in [3.63, 3.8) is 0 Å². The summed E-state index contributed by atoms with van der Waals surface area (Å²) in [4.78, 5) is 0. The molecule has 3 aromatic rings. The summed E-state index contributed by atoms with van der Waals surface area (Å²) in [5, 5.41) is 0. The van der Waals surface area contributed by atoms with Gasteiger partial charge in [0.05, 0.1) is 0 Å². The van der Waals surface area contributed by atoms with Gasteiger partial charge in [0.2, 0.25) is 0 Å². The van der Waals surface area contributed by atoms with Gasteiger partial charge in [0.25, 0.3) is 0 Å². The third-order valence-electron chi connectivity index (χ3n) is 6.02. The van der Waals surface area contributed by atoms with Gasteiger partial charge in [-0.1, -0.05) is 24.3 Å². The molecule has 0 heterocycles. The summed E-state index contributed by atoms with van der Waals surface area (Å²) in [6.45, 7) is 0. The second-order valence-electron chi connectivity index (χ2n) is 8.10. The molecule has 146 valence electrons. The summed E-state index contributed by atoms with van der Waals surface area (Å²) >= 11 is 0. The number of hydrogen-bond acceptors (Lipinski definition) is 0. The topological polar surface area (TPSA) is 0 Å². The Morgan fingerprint density at radius 3 is 1.29 bits per heavy atom. The van der Waals surface area contributed by atoms with Crippen LogP contribution in [0.2, 0.25) is 0 Å². The van der Waals surface area contributed by atoms with Gasteiger partial charge in [-0.3, -0.25) is 0 Å². The van der Waals surface area contributed by atoms with E-state index in [2.05, 4.69) is 60.7 Å². The number of hydrogen-bond donors (Lipinski definition) is 0. The van der Waals surface area contributed by atoms with Crippen LogP contribution in [-0.2, 0) is 84.7 Å². The van der Waals surface area contributed by atoms with E-state index in [1.165, 1.54) is 60.8 Å². The van der Waals surface area contributed by atoms with Crippen molar-refractivity contribution >= 4 is 116 Å². The predicted molar refractivity (Wildman–Crippen MR) is 124 cm³/mol. The molecule has 0 bridgehead atoms. The third kappa shape index (κ3) is 12.5. The molecular weight excluding hydrogens is 673 g/mol. The fourth-order valence-electron chi connectivity index (χ4n) is 4.43. The van der Waals surface area contributed by atoms with Crippen molar-refractivity contribution in [3.8, 4) is 0 Å². The molecule has 4 radical (unpaired) electrons. The summed E-state index contributed by atoms with van der Waals surface area (Å²) in [6.07, 6.45) is 9.02. The maximum atomic E-state index is 3.12. The Hall–Kier alpha value is 3.48. The van der Waals surface area contributed by atoms with Crippen molar-refractivity contribution < 1.29 is 65.4 Å². The first kappa shape index (κ1) is 34.5. The summed E-state index contributed by atoms with van der Waals surface area (Å²) in [5.74, 6) is 1.73. The average molecular weight is 701 g/mol. The first-order chi connectivity index (χ1) is 13.3. The molecule has 0 atom stereocenters. The molecule has 4 rings (SSSR count). The first-order valence-corrected chi connectivity index (χ1v) is 10.3. The van der Waals surface area contributed by atoms with Crippen molar-refractivity contribution in [1.29, 1.82) is 0 Å². The maximum absolute atomic E-state index is 3.12. The van der Waals surface area contributed by atoms with Gasteiger partial charge < -0.3 is 0 Å². The second-order valence-corrected chi connectivity index (χ2v) is 8.10. The molecule has 31 heavy (non-hydrogen) atoms. The van der Waals surface area contributed by atoms with Crippen molar-refractivity contribution in [2.75, 3.05) is 0 Å². The standard InChI is InChI=1S/C27H28.2Rb.2Y/c1-3-7-22(8-4-1)19-24-11-15-26(16-12-24)21-27-17-13-25(14-18-27)20-23-9-5-2-6-10-23;;;;/h3-12,15-16,25,27H,13-14,17-21H2;;;;/q-2;;;;. The first-order valence-electron chi connectivity index (χ1n) is 10.3. The minimum atomic E-state index is 0. The van der Waals surface area contributed by atoms with Crippen LogP contribution in [0.1, 0.15) is 47.9 Å². The Morgan fingerprint density at radius 1 is 0.516 bits per heavy atom. The van der Waals surface area contributed by atoms with Gasteiger partial charge in [-0.05, 0) is 67.9 Å². The zero-order chi connectivity index (χ0) is 18.3. The van der Waals surface area contributed by atoms with Gasteiger partial charge in [0.1, 0.15) is 0 Å². The monoisotopic (exact) mass is 700 g/mol. The Kier molecular flexibility index (Phi) is 21.8. The molecule has 0 unspecified atom stereocenters. The van der Waals surface area contributed by atoms with Crippen molar-refractivity contribution in [3.05, 3.63) is 107 Å². The summed E-state index contributed by atoms with van der Waals surface area (Å²) in [5.41, 5.74) is 5.73. The fraction of sp³-hybridized carbons (Fsp3) is 0.333. The van der Waals surface area contributed by atoms with Crippen LogP contribution in [0.15, 0.2) is 72.8 Å². The molecular formula is C27H28Rb2Y2-2. The Bertz CT molecular complexity index is 815. The fourth-order valence-corrected chi connectivity index (χ4v) is 4.43. The van der Waals surface area contributed by atoms with E-state index in [1.54, 1.807) is 0 Å². The van der Waals surface area contributed by atoms with E-state index in [0.717, 1.165) is 18.3 Å². The van der Waals surface area contributed by atoms with E-state index < -0.39 is 0 Å². The maximum Gasteiger partial charge on any atom is 0 e. The van der Waals surface area contributed by atoms with Crippen molar-refractivity contribution in [1.82, 2.24) is 0 Å². The van der Waals surface area contributed by atoms with Gasteiger partial charge in [0.15, 0.2) is 0 Å². The molecule has 4 heteroatoms. The quantitative estimate of drug-likeness (QED) is 0.290. The smallest absolute Gasteiger partial charge is 0 e. The molecule has 0 aliphatic heterocycles. The van der Waals surface area contributed by atoms with Crippen molar-refractivity contribution in [2.45, 2.75) is 44.9 Å². The van der Waals surface area contributed by atoms with E-state index in [9.17, 15) is 0 Å². The zero-order valence-corrected chi connectivity index (χ0v) is 34.7. The van der Waals surface area contributed by atoms with Crippen LogP contribution >= 0.6 is 0 Å². The van der Waals surface area contributed by atoms with Crippen LogP contribution < -0.4 is 0 Å². The molecule has 0 N–H and O–H groups in total. The number of rotatable bonds is 6.